The van der Waals surface area contributed by atoms with Crippen LogP contribution in [0.25, 0.3) is 0 Å². The molecule has 0 fully saturated rings. The van der Waals surface area contributed by atoms with E-state index in [-0.39, 0.29) is 145 Å². The molecule has 0 aliphatic heterocycles. The Hall–Kier alpha value is -0.762. The monoisotopic (exact) mass is 1360 g/mol. The fourth-order valence-corrected chi connectivity index (χ4v) is 15.5. The van der Waals surface area contributed by atoms with Gasteiger partial charge in [0.2, 0.25) is 11.8 Å². The molecule has 476 valence electrons. The van der Waals surface area contributed by atoms with Crippen LogP contribution in [0.3, 0.4) is 0 Å². The van der Waals surface area contributed by atoms with Gasteiger partial charge in [0.1, 0.15) is 6.61 Å². The Bertz CT molecular complexity index is 3030. The molecule has 3 N–H and O–H groups in total. The summed E-state index contributed by atoms with van der Waals surface area (Å²) < 4.78 is 32.1. The van der Waals surface area contributed by atoms with E-state index in [1.165, 1.54) is 31.3 Å². The zero-order valence-corrected chi connectivity index (χ0v) is 59.6. The van der Waals surface area contributed by atoms with Crippen molar-refractivity contribution in [2.75, 3.05) is 122 Å². The number of methoxy groups -OCH3 is 1. The van der Waals surface area contributed by atoms with E-state index in [0.717, 1.165) is 24.2 Å². The molecule has 2 amide bonds. The van der Waals surface area contributed by atoms with Crippen molar-refractivity contribution in [1.82, 2.24) is 16.0 Å². The Morgan fingerprint density at radius 1 is 0.381 bits per heavy atom. The van der Waals surface area contributed by atoms with Gasteiger partial charge in [0.25, 0.3) is 0 Å². The molecule has 0 spiro atoms. The van der Waals surface area contributed by atoms with Crippen molar-refractivity contribution in [3.63, 3.8) is 0 Å². The summed E-state index contributed by atoms with van der Waals surface area (Å²) in [4.78, 5) is 137. The van der Waals surface area contributed by atoms with Gasteiger partial charge in [-0.25, -0.2) is 0 Å². The molecular formula is C46H73B28N3O16S4. The second kappa shape index (κ2) is 54.8. The Kier molecular flexibility index (Phi) is 54.4. The first-order chi connectivity index (χ1) is 46.0. The van der Waals surface area contributed by atoms with Gasteiger partial charge in [0.15, 0.2) is 5.78 Å². The minimum atomic E-state index is -2.66. The summed E-state index contributed by atoms with van der Waals surface area (Å²) in [7, 11) is 86.6. The molecule has 0 heterocycles. The van der Waals surface area contributed by atoms with E-state index in [1.807, 2.05) is 6.92 Å². The molecule has 0 aromatic carbocycles. The van der Waals surface area contributed by atoms with Crippen molar-refractivity contribution < 1.29 is 76.4 Å². The van der Waals surface area contributed by atoms with E-state index >= 15 is 0 Å². The maximum absolute atomic E-state index is 14.7. The Morgan fingerprint density at radius 2 is 0.753 bits per heavy atom. The first-order valence-electron chi connectivity index (χ1n) is 31.5. The molecule has 4 unspecified atom stereocenters. The van der Waals surface area contributed by atoms with Crippen LogP contribution in [0.2, 0.25) is 0 Å². The number of carbonyl (C=O) groups excluding carboxylic acids is 10. The van der Waals surface area contributed by atoms with Gasteiger partial charge in [-0.05, 0) is 13.3 Å². The summed E-state index contributed by atoms with van der Waals surface area (Å²) in [6, 6.07) is 8.39. The van der Waals surface area contributed by atoms with Crippen LogP contribution in [0.1, 0.15) is 84.0 Å². The summed E-state index contributed by atoms with van der Waals surface area (Å²) in [5.74, 6) is -14.4. The van der Waals surface area contributed by atoms with Crippen LogP contribution in [0, 0.1) is 17.8 Å². The Balaban J connectivity index is 6.66. The predicted octanol–water partition coefficient (Wildman–Crippen LogP) is -7.86. The third-order valence-corrected chi connectivity index (χ3v) is 26.8. The topological polar surface area (TPSA) is 262 Å². The van der Waals surface area contributed by atoms with Crippen LogP contribution in [-0.4, -0.2) is 382 Å². The number of ketones is 8. The number of nitrogens with one attached hydrogen (secondary N) is 3. The van der Waals surface area contributed by atoms with Gasteiger partial charge >= 0.3 is 421 Å². The second-order valence-electron chi connectivity index (χ2n) is 22.5. The van der Waals surface area contributed by atoms with Crippen molar-refractivity contribution in [2.24, 2.45) is 17.8 Å². The number of hydrogen-bond donors (Lipinski definition) is 3. The zero-order valence-electron chi connectivity index (χ0n) is 56.4. The molecule has 0 rings (SSSR count). The molecular weight excluding hydrogens is 1280 g/mol. The molecule has 0 bridgehead atoms. The van der Waals surface area contributed by atoms with E-state index in [0.29, 0.717) is 26.4 Å². The standard InChI is InChI=1S/C46H73B28N3O16S4/c1-3-89-20-22-92-27-37(79)12-13-75-41(46(87)77-15-17-90-19-18-88-2)10-11-45(86)76-14-16-91-21-23-93-28-40(82)25-33(42(83)26-35(44(85)32-97(69-53,70-54)74(61)62)6-9-39(81)30-95(65-49,66-50)72(57)58)4-7-36(78)24-34(43(84)31-96(67-51,68-52)73(59)60)5-8-38(80)29-94(63-47,64-48)71(55)56/h33-35,41,75H,3-32H2,1-2H3,(H,76,86)(H,77,87). The minimum absolute atomic E-state index is 0.0258. The zero-order chi connectivity index (χ0) is 73.6. The number of rotatable bonds is 58. The van der Waals surface area contributed by atoms with Gasteiger partial charge in [-0.3, -0.25) is 14.4 Å². The molecule has 97 heavy (non-hydrogen) atoms. The van der Waals surface area contributed by atoms with Crippen molar-refractivity contribution >= 4 is 288 Å². The average Bonchev–Trinajstić information content (AvgIpc) is 0.870. The van der Waals surface area contributed by atoms with E-state index in [1.54, 1.807) is 0 Å². The number of carbonyl (C=O) groups is 10. The van der Waals surface area contributed by atoms with Crippen LogP contribution >= 0.6 is 34.9 Å². The summed E-state index contributed by atoms with van der Waals surface area (Å²) in [6.45, 7) is 3.58. The normalized spacial score (nSPS) is 12.5. The van der Waals surface area contributed by atoms with Crippen LogP contribution < -0.4 is 16.0 Å². The fourth-order valence-electron chi connectivity index (χ4n) is 9.24. The van der Waals surface area contributed by atoms with Gasteiger partial charge in [0.05, 0.1) is 52.3 Å². The van der Waals surface area contributed by atoms with Crippen LogP contribution in [0.5, 0.6) is 0 Å². The van der Waals surface area contributed by atoms with E-state index in [2.05, 4.69) is 16.0 Å². The molecule has 4 atom stereocenters. The van der Waals surface area contributed by atoms with Gasteiger partial charge in [-0.2, -0.15) is 0 Å². The number of hydrogen-bond acceptors (Lipinski definition) is 17. The molecule has 0 aromatic rings. The SMILES string of the molecule is [B]B=S(=B[B])(CC(=O)CCC(CC(=O)CCC(CC(=O)COCCOCCNC(=O)CCC(NCCC(=O)COCCOCC)C(=O)NCCOCCOC)C(=O)CC(CCC(=O)CS(=B[B])(=B[B])B([B])[B])C(=O)CS(=B[B])(=B[B])B([B])[B])C(=O)CS(=B[B])(=B[B])B([B])[B])B([B])[B]. The third kappa shape index (κ3) is 38.2. The third-order valence-electron chi connectivity index (χ3n) is 15.5. The van der Waals surface area contributed by atoms with Gasteiger partial charge in [-0.15, -0.1) is 0 Å². The van der Waals surface area contributed by atoms with E-state index < -0.39 is 160 Å². The molecule has 0 aliphatic rings. The number of amides is 2. The Labute approximate surface area is 606 Å². The molecule has 0 saturated carbocycles. The fraction of sp³-hybridized carbons (Fsp3) is 0.783. The van der Waals surface area contributed by atoms with Gasteiger partial charge in [-0.1, -0.05) is 0 Å². The number of ether oxygens (including phenoxy) is 6. The quantitative estimate of drug-likeness (QED) is 0.0378. The molecule has 0 aliphatic carbocycles. The van der Waals surface area contributed by atoms with Crippen molar-refractivity contribution in [2.45, 2.75) is 90.0 Å². The summed E-state index contributed by atoms with van der Waals surface area (Å²) >= 11 is 0. The van der Waals surface area contributed by atoms with Crippen LogP contribution in [0.4, 0.5) is 0 Å². The first kappa shape index (κ1) is 96.2. The molecule has 51 heteroatoms. The number of Topliss-reactive ketones (excluding diaryl/α,β-unsaturated/α-hetero) is 8. The average molecular weight is 1360 g/mol. The van der Waals surface area contributed by atoms with Crippen molar-refractivity contribution in [1.29, 1.82) is 0 Å². The Morgan fingerprint density at radius 3 is 1.19 bits per heavy atom. The maximum atomic E-state index is 14.7. The molecule has 32 radical (unpaired) electrons. The summed E-state index contributed by atoms with van der Waals surface area (Å²) in [5, 5.41) is 8.53. The molecule has 19 nitrogen and oxygen atoms in total. The van der Waals surface area contributed by atoms with Crippen molar-refractivity contribution in [3.8, 4) is 0 Å². The predicted molar refractivity (Wildman–Crippen MR) is 426 cm³/mol. The molecule has 0 aromatic heterocycles. The van der Waals surface area contributed by atoms with E-state index in [4.69, 9.17) is 152 Å². The molecule has 0 saturated heterocycles. The van der Waals surface area contributed by atoms with Crippen LogP contribution in [-0.2, 0) is 76.4 Å². The van der Waals surface area contributed by atoms with Crippen LogP contribution in [0.15, 0.2) is 0 Å². The second-order valence-corrected chi connectivity index (χ2v) is 35.3. The van der Waals surface area contributed by atoms with E-state index in [9.17, 15) is 47.9 Å². The summed E-state index contributed by atoms with van der Waals surface area (Å²) in [5.41, 5.74) is 0. The summed E-state index contributed by atoms with van der Waals surface area (Å²) in [6.07, 6.45) is -3.05. The first-order valence-corrected chi connectivity index (χ1v) is 39.4. The van der Waals surface area contributed by atoms with Gasteiger partial charge < -0.3 is 39.6 Å². The van der Waals surface area contributed by atoms with Crippen molar-refractivity contribution in [3.05, 3.63) is 0 Å². The van der Waals surface area contributed by atoms with Gasteiger partial charge in [0, 0.05) is 46.2 Å².